The van der Waals surface area contributed by atoms with E-state index in [1.54, 1.807) is 35.3 Å². The number of aromatic nitrogens is 3. The zero-order valence-electron chi connectivity index (χ0n) is 12.4. The Morgan fingerprint density at radius 1 is 1.32 bits per heavy atom. The number of methoxy groups -OCH3 is 1. The predicted octanol–water partition coefficient (Wildman–Crippen LogP) is 2.96. The highest BCUT2D eigenvalue weighted by atomic mass is 16.5. The number of carbonyl (C=O) groups is 1. The van der Waals surface area contributed by atoms with Crippen LogP contribution in [-0.4, -0.2) is 33.7 Å². The summed E-state index contributed by atoms with van der Waals surface area (Å²) in [5, 5.41) is 4.13. The highest BCUT2D eigenvalue weighted by Gasteiger charge is 2.07. The fourth-order valence-electron chi connectivity index (χ4n) is 1.68. The predicted molar refractivity (Wildman–Crippen MR) is 84.3 cm³/mol. The second-order valence-electron chi connectivity index (χ2n) is 4.18. The molecule has 6 nitrogen and oxygen atoms in total. The number of rotatable bonds is 4. The quantitative estimate of drug-likeness (QED) is 0.642. The van der Waals surface area contributed by atoms with Crippen molar-refractivity contribution in [1.29, 1.82) is 0 Å². The van der Waals surface area contributed by atoms with Gasteiger partial charge in [0.1, 0.15) is 0 Å². The Morgan fingerprint density at radius 3 is 2.86 bits per heavy atom. The van der Waals surface area contributed by atoms with Crippen LogP contribution in [0.1, 0.15) is 12.6 Å². The lowest BCUT2D eigenvalue weighted by molar-refractivity contribution is 0.182. The second kappa shape index (κ2) is 7.68. The summed E-state index contributed by atoms with van der Waals surface area (Å²) in [6, 6.07) is 7.23. The summed E-state index contributed by atoms with van der Waals surface area (Å²) in [6.45, 7) is 1.90. The highest BCUT2D eigenvalue weighted by molar-refractivity contribution is 6.11. The Morgan fingerprint density at radius 2 is 2.18 bits per heavy atom. The van der Waals surface area contributed by atoms with Gasteiger partial charge in [-0.3, -0.25) is 0 Å². The van der Waals surface area contributed by atoms with E-state index in [1.165, 1.54) is 7.11 Å². The molecule has 1 amide bonds. The average Bonchev–Trinajstić information content (AvgIpc) is 3.08. The first kappa shape index (κ1) is 15.4. The Labute approximate surface area is 128 Å². The van der Waals surface area contributed by atoms with E-state index >= 15 is 0 Å². The van der Waals surface area contributed by atoms with Gasteiger partial charge in [0.2, 0.25) is 0 Å². The smallest absolute Gasteiger partial charge is 0.433 e. The summed E-state index contributed by atoms with van der Waals surface area (Å²) < 4.78 is 6.22. The van der Waals surface area contributed by atoms with Gasteiger partial charge in [-0.2, -0.15) is 10.1 Å². The van der Waals surface area contributed by atoms with Gasteiger partial charge in [-0.05, 0) is 31.2 Å². The van der Waals surface area contributed by atoms with Crippen molar-refractivity contribution < 1.29 is 9.53 Å². The van der Waals surface area contributed by atoms with Crippen molar-refractivity contribution in [3.63, 3.8) is 0 Å². The topological polar surface area (TPSA) is 69.4 Å². The van der Waals surface area contributed by atoms with Gasteiger partial charge in [0.15, 0.2) is 5.82 Å². The van der Waals surface area contributed by atoms with E-state index in [4.69, 9.17) is 0 Å². The van der Waals surface area contributed by atoms with Crippen LogP contribution in [0.4, 0.5) is 4.79 Å². The first-order chi connectivity index (χ1) is 10.7. The number of hydrogen-bond acceptors (Lipinski definition) is 4. The Hall–Kier alpha value is -3.02. The van der Waals surface area contributed by atoms with Crippen LogP contribution >= 0.6 is 0 Å². The standard InChI is InChI=1S/C16H16N4O2/c1-3-4-5-8-14(19-16(21)22-2)13-9-6-10-15(18-13)20-12-7-11-17-20/h3-12H,1-2H3/b4-3-,8-5-,19-14?. The lowest BCUT2D eigenvalue weighted by Crippen LogP contribution is -2.08. The van der Waals surface area contributed by atoms with E-state index in [0.717, 1.165) is 0 Å². The molecule has 6 heteroatoms. The molecule has 2 aromatic rings. The van der Waals surface area contributed by atoms with Gasteiger partial charge < -0.3 is 4.74 Å². The van der Waals surface area contributed by atoms with E-state index in [0.29, 0.717) is 17.2 Å². The molecular weight excluding hydrogens is 280 g/mol. The molecule has 0 aliphatic carbocycles. The molecule has 2 aromatic heterocycles. The maximum atomic E-state index is 11.4. The molecule has 2 rings (SSSR count). The summed E-state index contributed by atoms with van der Waals surface area (Å²) in [6.07, 6.45) is 9.98. The molecule has 0 radical (unpaired) electrons. The molecule has 0 N–H and O–H groups in total. The Bertz CT molecular complexity index is 716. The minimum Gasteiger partial charge on any atom is -0.451 e. The van der Waals surface area contributed by atoms with Crippen LogP contribution in [0.25, 0.3) is 5.82 Å². The lowest BCUT2D eigenvalue weighted by atomic mass is 10.2. The van der Waals surface area contributed by atoms with E-state index in [1.807, 2.05) is 37.3 Å². The maximum Gasteiger partial charge on any atom is 0.433 e. The number of nitrogens with zero attached hydrogens (tertiary/aromatic N) is 4. The molecule has 0 aliphatic rings. The van der Waals surface area contributed by atoms with E-state index in [9.17, 15) is 4.79 Å². The van der Waals surface area contributed by atoms with E-state index in [-0.39, 0.29) is 0 Å². The van der Waals surface area contributed by atoms with Gasteiger partial charge >= 0.3 is 6.09 Å². The first-order valence-electron chi connectivity index (χ1n) is 6.68. The molecule has 0 spiro atoms. The average molecular weight is 296 g/mol. The zero-order valence-corrected chi connectivity index (χ0v) is 12.4. The van der Waals surface area contributed by atoms with Crippen LogP contribution in [0, 0.1) is 0 Å². The van der Waals surface area contributed by atoms with Gasteiger partial charge in [-0.25, -0.2) is 14.5 Å². The molecule has 0 fully saturated rings. The SMILES string of the molecule is C/C=C\C=C/C(=NC(=O)OC)c1cccc(-n2cccn2)n1. The maximum absolute atomic E-state index is 11.4. The minimum atomic E-state index is -0.675. The van der Waals surface area contributed by atoms with Crippen LogP contribution in [0.3, 0.4) is 0 Å². The molecular formula is C16H16N4O2. The van der Waals surface area contributed by atoms with Crippen LogP contribution < -0.4 is 0 Å². The molecule has 0 saturated carbocycles. The number of pyridine rings is 1. The van der Waals surface area contributed by atoms with Gasteiger partial charge in [-0.15, -0.1) is 0 Å². The van der Waals surface area contributed by atoms with Gasteiger partial charge in [-0.1, -0.05) is 24.3 Å². The largest absolute Gasteiger partial charge is 0.451 e. The molecule has 22 heavy (non-hydrogen) atoms. The van der Waals surface area contributed by atoms with E-state index in [2.05, 4.69) is 19.8 Å². The molecule has 0 unspecified atom stereocenters. The van der Waals surface area contributed by atoms with E-state index < -0.39 is 6.09 Å². The fraction of sp³-hybridized carbons (Fsp3) is 0.125. The van der Waals surface area contributed by atoms with Crippen molar-refractivity contribution in [3.8, 4) is 5.82 Å². The number of aliphatic imine (C=N–C) groups is 1. The summed E-state index contributed by atoms with van der Waals surface area (Å²) in [7, 11) is 1.28. The molecule has 0 aliphatic heterocycles. The molecule has 0 aromatic carbocycles. The van der Waals surface area contributed by atoms with Crippen LogP contribution in [-0.2, 0) is 4.74 Å². The first-order valence-corrected chi connectivity index (χ1v) is 6.68. The van der Waals surface area contributed by atoms with Crippen molar-refractivity contribution in [2.75, 3.05) is 7.11 Å². The summed E-state index contributed by atoms with van der Waals surface area (Å²) in [5.74, 6) is 0.638. The number of ether oxygens (including phenoxy) is 1. The van der Waals surface area contributed by atoms with Crippen LogP contribution in [0.15, 0.2) is 66.0 Å². The third kappa shape index (κ3) is 3.99. The molecule has 0 bridgehead atoms. The van der Waals surface area contributed by atoms with Crippen LogP contribution in [0.2, 0.25) is 0 Å². The van der Waals surface area contributed by atoms with Crippen molar-refractivity contribution in [2.45, 2.75) is 6.92 Å². The van der Waals surface area contributed by atoms with Gasteiger partial charge in [0.05, 0.1) is 18.5 Å². The normalized spacial score (nSPS) is 12.2. The highest BCUT2D eigenvalue weighted by Crippen LogP contribution is 2.07. The van der Waals surface area contributed by atoms with Crippen molar-refractivity contribution in [2.24, 2.45) is 4.99 Å². The summed E-state index contributed by atoms with van der Waals surface area (Å²) in [4.78, 5) is 19.8. The third-order valence-corrected chi connectivity index (χ3v) is 2.68. The lowest BCUT2D eigenvalue weighted by Gasteiger charge is -2.04. The molecule has 2 heterocycles. The van der Waals surface area contributed by atoms with Crippen LogP contribution in [0.5, 0.6) is 0 Å². The van der Waals surface area contributed by atoms with Crippen molar-refractivity contribution in [3.05, 3.63) is 66.7 Å². The number of hydrogen-bond donors (Lipinski definition) is 0. The number of amides is 1. The third-order valence-electron chi connectivity index (χ3n) is 2.68. The molecule has 112 valence electrons. The Kier molecular flexibility index (Phi) is 5.37. The fourth-order valence-corrected chi connectivity index (χ4v) is 1.68. The summed E-state index contributed by atoms with van der Waals surface area (Å²) >= 11 is 0. The molecule has 0 atom stereocenters. The second-order valence-corrected chi connectivity index (χ2v) is 4.18. The Balaban J connectivity index is 2.41. The number of carbonyl (C=O) groups excluding carboxylic acids is 1. The minimum absolute atomic E-state index is 0.416. The van der Waals surface area contributed by atoms with Gasteiger partial charge in [0, 0.05) is 12.4 Å². The molecule has 0 saturated heterocycles. The van der Waals surface area contributed by atoms with Gasteiger partial charge in [0.25, 0.3) is 0 Å². The zero-order chi connectivity index (χ0) is 15.8. The summed E-state index contributed by atoms with van der Waals surface area (Å²) in [5.41, 5.74) is 0.970. The monoisotopic (exact) mass is 296 g/mol. The van der Waals surface area contributed by atoms with Crippen molar-refractivity contribution in [1.82, 2.24) is 14.8 Å². The van der Waals surface area contributed by atoms with Crippen molar-refractivity contribution >= 4 is 11.8 Å². The number of allylic oxidation sites excluding steroid dienone is 4.